The molecule has 0 spiro atoms. The third-order valence-electron chi connectivity index (χ3n) is 4.50. The summed E-state index contributed by atoms with van der Waals surface area (Å²) in [5.41, 5.74) is 0. The first-order valence-corrected chi connectivity index (χ1v) is 61.4. The van der Waals surface area contributed by atoms with Gasteiger partial charge in [0.2, 0.25) is 0 Å². The van der Waals surface area contributed by atoms with E-state index in [-0.39, 0.29) is 0 Å². The summed E-state index contributed by atoms with van der Waals surface area (Å²) in [6.07, 6.45) is 0. The van der Waals surface area contributed by atoms with Crippen molar-refractivity contribution in [1.29, 1.82) is 0 Å². The molecule has 0 aromatic heterocycles. The molecule has 4 heteroatoms. The van der Waals surface area contributed by atoms with Crippen LogP contribution in [0.25, 0.3) is 0 Å². The van der Waals surface area contributed by atoms with Gasteiger partial charge in [0.15, 0.2) is 0 Å². The van der Waals surface area contributed by atoms with Crippen molar-refractivity contribution < 1.29 is 0 Å². The van der Waals surface area contributed by atoms with Gasteiger partial charge in [-0.3, -0.25) is 0 Å². The van der Waals surface area contributed by atoms with Crippen LogP contribution in [0.1, 0.15) is 0 Å². The van der Waals surface area contributed by atoms with Crippen molar-refractivity contribution in [2.75, 3.05) is 0 Å². The Morgan fingerprint density at radius 2 is 0.471 bits per heavy atom. The molecule has 0 unspecified atom stereocenters. The van der Waals surface area contributed by atoms with Gasteiger partial charge < -0.3 is 0 Å². The molecule has 0 saturated carbocycles. The summed E-state index contributed by atoms with van der Waals surface area (Å²) in [5, 5.41) is 0. The fraction of sp³-hybridized carbons (Fsp3) is 1.00. The molecule has 0 aliphatic carbocycles. The summed E-state index contributed by atoms with van der Waals surface area (Å²) >= 11 is -8.05. The molecule has 0 atom stereocenters. The molecule has 0 rings (SSSR count). The summed E-state index contributed by atoms with van der Waals surface area (Å²) in [7, 11) is 0. The van der Waals surface area contributed by atoms with Gasteiger partial charge in [0.05, 0.1) is 0 Å². The monoisotopic (exact) mass is 1020 g/mol. The summed E-state index contributed by atoms with van der Waals surface area (Å²) < 4.78 is 34.7. The van der Waals surface area contributed by atoms with Crippen LogP contribution < -0.4 is 0 Å². The molecule has 0 aromatic carbocycles. The Balaban J connectivity index is 6.37. The average Bonchev–Trinajstić information content (AvgIpc) is 1.67. The molecule has 0 N–H and O–H groups in total. The zero-order valence-electron chi connectivity index (χ0n) is 14.5. The first-order chi connectivity index (χ1) is 7.00. The van der Waals surface area contributed by atoms with E-state index in [1.165, 1.54) is 0 Å². The number of hydrogen-bond donors (Lipinski definition) is 0. The van der Waals surface area contributed by atoms with Gasteiger partial charge in [-0.15, -0.1) is 0 Å². The molecule has 0 heterocycles. The van der Waals surface area contributed by atoms with E-state index < -0.39 is 84.7 Å². The molecule has 0 nitrogen and oxygen atoms in total. The van der Waals surface area contributed by atoms with Gasteiger partial charge in [-0.2, -0.15) is 0 Å². The van der Waals surface area contributed by atoms with Crippen LogP contribution in [0.2, 0.25) is 49.4 Å². The van der Waals surface area contributed by atoms with Crippen molar-refractivity contribution in [3.8, 4) is 0 Å². The molecule has 104 valence electrons. The summed E-state index contributed by atoms with van der Waals surface area (Å²) in [6.45, 7) is 0. The maximum atomic E-state index is 2.80. The van der Waals surface area contributed by atoms with E-state index in [1.807, 2.05) is 0 Å². The van der Waals surface area contributed by atoms with Crippen molar-refractivity contribution in [2.45, 2.75) is 49.4 Å². The van der Waals surface area contributed by atoms with E-state index in [1.54, 1.807) is 0 Å². The second-order valence-electron chi connectivity index (χ2n) is 9.75. The van der Waals surface area contributed by atoms with Crippen molar-refractivity contribution >= 4 is 84.7 Å². The summed E-state index contributed by atoms with van der Waals surface area (Å²) in [5.74, 6) is 0. The summed E-state index contributed by atoms with van der Waals surface area (Å²) in [4.78, 5) is 0. The van der Waals surface area contributed by atoms with Gasteiger partial charge in [0.25, 0.3) is 0 Å². The Hall–Kier alpha value is 3.69. The van der Waals surface area contributed by atoms with Crippen molar-refractivity contribution in [2.24, 2.45) is 0 Å². The molecule has 0 aromatic rings. The molecule has 0 aliphatic rings. The SMILES string of the molecule is [CH3][Pb]([CH3])([CH3])[C]([Pb]([CH3])([CH3])[CH3])([Pb]([CH3])([CH3])[CH3])[Pb]([CH3])([CH3])[CH3]. The molecule has 17 heavy (non-hydrogen) atoms. The van der Waals surface area contributed by atoms with Crippen LogP contribution in [-0.4, -0.2) is 84.7 Å². The van der Waals surface area contributed by atoms with Crippen LogP contribution >= 0.6 is 0 Å². The topological polar surface area (TPSA) is 0 Å². The third kappa shape index (κ3) is 3.91. The molecule has 0 aliphatic heterocycles. The normalized spacial score (nSPS) is 16.2. The van der Waals surface area contributed by atoms with Gasteiger partial charge in [0.1, 0.15) is 0 Å². The van der Waals surface area contributed by atoms with E-state index in [2.05, 4.69) is 53.8 Å². The van der Waals surface area contributed by atoms with Gasteiger partial charge >= 0.3 is 134 Å². The minimum absolute atomic E-state index is 1.14. The second-order valence-corrected chi connectivity index (χ2v) is 137. The predicted molar refractivity (Wildman–Crippen MR) is 96.1 cm³/mol. The zero-order valence-corrected chi connectivity index (χ0v) is 30.0. The number of hydrogen-bond acceptors (Lipinski definition) is 0. The van der Waals surface area contributed by atoms with E-state index in [0.29, 0.717) is 0 Å². The van der Waals surface area contributed by atoms with Crippen LogP contribution in [0, 0.1) is 0 Å². The van der Waals surface area contributed by atoms with Crippen LogP contribution in [0.5, 0.6) is 0 Å². The van der Waals surface area contributed by atoms with E-state index >= 15 is 0 Å². The fourth-order valence-corrected chi connectivity index (χ4v) is 520. The quantitative estimate of drug-likeness (QED) is 0.318. The predicted octanol–water partition coefficient (Wildman–Crippen LogP) is 5.70. The molecular weight excluding hydrogens is 985 g/mol. The van der Waals surface area contributed by atoms with E-state index in [4.69, 9.17) is 0 Å². The van der Waals surface area contributed by atoms with Crippen LogP contribution in [-0.2, 0) is 0 Å². The standard InChI is InChI=1S/12CH3.C.4Pb/h12*1H3;;;;;. The Morgan fingerprint density at radius 1 is 0.353 bits per heavy atom. The van der Waals surface area contributed by atoms with Gasteiger partial charge in [-0.05, 0) is 0 Å². The molecule has 0 amide bonds. The Morgan fingerprint density at radius 3 is 0.471 bits per heavy atom. The van der Waals surface area contributed by atoms with Crippen LogP contribution in [0.4, 0.5) is 0 Å². The maximum absolute atomic E-state index is 2.80. The van der Waals surface area contributed by atoms with Gasteiger partial charge in [-0.25, -0.2) is 0 Å². The van der Waals surface area contributed by atoms with Crippen molar-refractivity contribution in [3.05, 3.63) is 0 Å². The van der Waals surface area contributed by atoms with E-state index in [0.717, 1.165) is -4.35 Å². The Kier molecular flexibility index (Phi) is 7.37. The average molecular weight is 1020 g/mol. The Bertz CT molecular complexity index is 206. The van der Waals surface area contributed by atoms with Gasteiger partial charge in [0, 0.05) is 0 Å². The van der Waals surface area contributed by atoms with Gasteiger partial charge in [-0.1, -0.05) is 0 Å². The fourth-order valence-electron chi connectivity index (χ4n) is 6.75. The third-order valence-corrected chi connectivity index (χ3v) is 347. The van der Waals surface area contributed by atoms with Crippen molar-refractivity contribution in [1.82, 2.24) is 0 Å². The van der Waals surface area contributed by atoms with Crippen LogP contribution in [0.3, 0.4) is 0 Å². The number of rotatable bonds is 4. The molecule has 0 bridgehead atoms. The Labute approximate surface area is 131 Å². The van der Waals surface area contributed by atoms with Crippen LogP contribution in [0.15, 0.2) is 0 Å². The molecule has 0 saturated heterocycles. The second kappa shape index (κ2) is 6.06. The first-order valence-electron chi connectivity index (χ1n) is 7.00. The molecular formula is C13H36Pb4. The van der Waals surface area contributed by atoms with E-state index in [9.17, 15) is 0 Å². The van der Waals surface area contributed by atoms with Crippen molar-refractivity contribution in [3.63, 3.8) is 0 Å². The zero-order chi connectivity index (χ0) is 14.5. The first kappa shape index (κ1) is 20.7. The minimum atomic E-state index is -2.01. The molecule has 0 radical (unpaired) electrons. The molecule has 0 fully saturated rings. The summed E-state index contributed by atoms with van der Waals surface area (Å²) in [6, 6.07) is 0.